The van der Waals surface area contributed by atoms with Gasteiger partial charge >= 0.3 is 0 Å². The van der Waals surface area contributed by atoms with Crippen LogP contribution in [0.4, 0.5) is 0 Å². The molecule has 1 saturated heterocycles. The second-order valence-electron chi connectivity index (χ2n) is 7.99. The van der Waals surface area contributed by atoms with Gasteiger partial charge < -0.3 is 24.7 Å². The second-order valence-corrected chi connectivity index (χ2v) is 11.0. The minimum Gasteiger partial charge on any atom is -0.497 e. The van der Waals surface area contributed by atoms with Gasteiger partial charge in [-0.2, -0.15) is 0 Å². The first-order valence-electron chi connectivity index (χ1n) is 11.3. The highest BCUT2D eigenvalue weighted by Gasteiger charge is 2.45. The van der Waals surface area contributed by atoms with Crippen molar-refractivity contribution in [2.24, 2.45) is 5.73 Å². The molecular weight excluding hydrogens is 492 g/mol. The molecule has 3 N–H and O–H groups in total. The Kier molecular flexibility index (Phi) is 9.67. The summed E-state index contributed by atoms with van der Waals surface area (Å²) in [4.78, 5) is 13.1. The van der Waals surface area contributed by atoms with Crippen LogP contribution in [0.3, 0.4) is 0 Å². The molecule has 1 aliphatic rings. The van der Waals surface area contributed by atoms with Crippen LogP contribution in [0.5, 0.6) is 17.2 Å². The summed E-state index contributed by atoms with van der Waals surface area (Å²) in [5, 5.41) is 0. The van der Waals surface area contributed by atoms with Crippen LogP contribution in [0.25, 0.3) is 0 Å². The van der Waals surface area contributed by atoms with Gasteiger partial charge in [0.1, 0.15) is 39.1 Å². The maximum atomic E-state index is 13.2. The van der Waals surface area contributed by atoms with Crippen molar-refractivity contribution in [3.8, 4) is 17.2 Å². The van der Waals surface area contributed by atoms with Gasteiger partial charge in [0.2, 0.25) is 5.91 Å². The number of nitrogens with one attached hydrogen (secondary N) is 1. The monoisotopic (exact) mass is 524 g/mol. The topological polar surface area (TPSA) is 126 Å². The molecule has 35 heavy (non-hydrogen) atoms. The van der Waals surface area contributed by atoms with Gasteiger partial charge in [0, 0.05) is 30.7 Å². The molecule has 1 amide bonds. The summed E-state index contributed by atoms with van der Waals surface area (Å²) in [6.07, 6.45) is 1.05. The lowest BCUT2D eigenvalue weighted by atomic mass is 9.98. The molecule has 2 aromatic rings. The molecule has 0 aromatic heterocycles. The van der Waals surface area contributed by atoms with E-state index >= 15 is 0 Å². The molecule has 0 radical (unpaired) electrons. The Labute approximate surface area is 210 Å². The Hall–Kier alpha value is -2.47. The van der Waals surface area contributed by atoms with E-state index in [1.165, 1.54) is 7.11 Å². The molecule has 0 saturated carbocycles. The van der Waals surface area contributed by atoms with E-state index in [0.29, 0.717) is 66.1 Å². The third kappa shape index (κ3) is 6.40. The maximum absolute atomic E-state index is 13.2. The van der Waals surface area contributed by atoms with Crippen molar-refractivity contribution in [3.63, 3.8) is 0 Å². The van der Waals surface area contributed by atoms with Gasteiger partial charge in [0.15, 0.2) is 0 Å². The number of methoxy groups -OCH3 is 2. The zero-order valence-electron chi connectivity index (χ0n) is 20.1. The summed E-state index contributed by atoms with van der Waals surface area (Å²) in [5.74, 6) is 1.07. The lowest BCUT2D eigenvalue weighted by molar-refractivity contribution is -0.122. The third-order valence-corrected chi connectivity index (χ3v) is 9.08. The van der Waals surface area contributed by atoms with Gasteiger partial charge in [0.05, 0.1) is 29.9 Å². The molecule has 2 aromatic carbocycles. The molecule has 0 spiro atoms. The normalized spacial score (nSPS) is 17.7. The number of hydrogen-bond acceptors (Lipinski definition) is 7. The largest absolute Gasteiger partial charge is 0.497 e. The predicted molar refractivity (Wildman–Crippen MR) is 133 cm³/mol. The summed E-state index contributed by atoms with van der Waals surface area (Å²) in [5.41, 5.74) is 5.63. The molecule has 1 fully saturated rings. The van der Waals surface area contributed by atoms with E-state index in [0.717, 1.165) is 0 Å². The van der Waals surface area contributed by atoms with Crippen LogP contribution in [-0.2, 0) is 31.3 Å². The van der Waals surface area contributed by atoms with Crippen LogP contribution in [-0.4, -0.2) is 59.2 Å². The maximum Gasteiger partial charge on any atom is 0.236 e. The molecule has 3 atom stereocenters. The summed E-state index contributed by atoms with van der Waals surface area (Å²) < 4.78 is 49.8. The Morgan fingerprint density at radius 2 is 1.74 bits per heavy atom. The standard InChI is InChI=1S/C24H32N2O7S2/c1-4-17(16-26-35(29)22-15-19(30-2)7-10-21(22)31-3)33-18-5-8-20(9-6-18)34(28)24(23(25)27)11-13-32-14-12-24/h5-10,15,17,26H,4,11-14,16H2,1-3H3,(H2,25,27). The predicted octanol–water partition coefficient (Wildman–Crippen LogP) is 2.32. The average Bonchev–Trinajstić information content (AvgIpc) is 2.90. The Morgan fingerprint density at radius 3 is 2.31 bits per heavy atom. The average molecular weight is 525 g/mol. The molecule has 3 unspecified atom stereocenters. The number of carbonyl (C=O) groups is 1. The summed E-state index contributed by atoms with van der Waals surface area (Å²) in [6, 6.07) is 11.9. The molecule has 9 nitrogen and oxygen atoms in total. The number of nitrogens with two attached hydrogens (primary N) is 1. The number of rotatable bonds is 12. The minimum atomic E-state index is -1.60. The second kappa shape index (κ2) is 12.5. The molecule has 0 bridgehead atoms. The number of ether oxygens (including phenoxy) is 4. The fourth-order valence-electron chi connectivity index (χ4n) is 3.73. The first kappa shape index (κ1) is 27.1. The van der Waals surface area contributed by atoms with Crippen LogP contribution in [0.1, 0.15) is 26.2 Å². The molecule has 11 heteroatoms. The highest BCUT2D eigenvalue weighted by Crippen LogP contribution is 2.32. The molecule has 3 rings (SSSR count). The SMILES string of the molecule is CCC(CNS(=O)c1cc(OC)ccc1OC)Oc1ccc(S(=O)C2(C(N)=O)CCOCC2)cc1. The van der Waals surface area contributed by atoms with Gasteiger partial charge in [-0.1, -0.05) is 6.92 Å². The Morgan fingerprint density at radius 1 is 1.09 bits per heavy atom. The van der Waals surface area contributed by atoms with Gasteiger partial charge in [0.25, 0.3) is 0 Å². The van der Waals surface area contributed by atoms with Gasteiger partial charge in [-0.3, -0.25) is 9.00 Å². The first-order valence-corrected chi connectivity index (χ1v) is 13.6. The summed E-state index contributed by atoms with van der Waals surface area (Å²) >= 11 is 0. The number of hydrogen-bond donors (Lipinski definition) is 2. The fraction of sp³-hybridized carbons (Fsp3) is 0.458. The molecule has 1 heterocycles. The van der Waals surface area contributed by atoms with E-state index in [4.69, 9.17) is 24.7 Å². The van der Waals surface area contributed by atoms with Crippen molar-refractivity contribution < 1.29 is 32.2 Å². The van der Waals surface area contributed by atoms with Crippen molar-refractivity contribution in [2.45, 2.75) is 46.8 Å². The van der Waals surface area contributed by atoms with Crippen LogP contribution < -0.4 is 24.7 Å². The number of benzene rings is 2. The van der Waals surface area contributed by atoms with Crippen LogP contribution in [0.2, 0.25) is 0 Å². The summed E-state index contributed by atoms with van der Waals surface area (Å²) in [6.45, 7) is 2.99. The van der Waals surface area contributed by atoms with E-state index in [9.17, 15) is 13.2 Å². The highest BCUT2D eigenvalue weighted by atomic mass is 32.2. The van der Waals surface area contributed by atoms with E-state index in [2.05, 4.69) is 4.72 Å². The number of primary amides is 1. The lowest BCUT2D eigenvalue weighted by Crippen LogP contribution is -2.51. The molecular formula is C24H32N2O7S2. The zero-order valence-corrected chi connectivity index (χ0v) is 21.7. The first-order chi connectivity index (χ1) is 16.8. The lowest BCUT2D eigenvalue weighted by Gasteiger charge is -2.33. The van der Waals surface area contributed by atoms with Crippen LogP contribution in [0, 0.1) is 0 Å². The minimum absolute atomic E-state index is 0.264. The van der Waals surface area contributed by atoms with Crippen molar-refractivity contribution in [1.29, 1.82) is 0 Å². The highest BCUT2D eigenvalue weighted by molar-refractivity contribution is 7.87. The van der Waals surface area contributed by atoms with Crippen molar-refractivity contribution >= 4 is 27.7 Å². The van der Waals surface area contributed by atoms with Crippen molar-refractivity contribution in [2.75, 3.05) is 34.0 Å². The number of amides is 1. The van der Waals surface area contributed by atoms with Gasteiger partial charge in [-0.25, -0.2) is 8.93 Å². The quantitative estimate of drug-likeness (QED) is 0.436. The van der Waals surface area contributed by atoms with Crippen molar-refractivity contribution in [3.05, 3.63) is 42.5 Å². The Balaban J connectivity index is 1.64. The van der Waals surface area contributed by atoms with Crippen LogP contribution >= 0.6 is 0 Å². The smallest absolute Gasteiger partial charge is 0.236 e. The zero-order chi connectivity index (χ0) is 25.4. The van der Waals surface area contributed by atoms with E-state index < -0.39 is 32.4 Å². The van der Waals surface area contributed by atoms with Gasteiger partial charge in [-0.15, -0.1) is 0 Å². The molecule has 1 aliphatic heterocycles. The van der Waals surface area contributed by atoms with Crippen LogP contribution in [0.15, 0.2) is 52.3 Å². The van der Waals surface area contributed by atoms with Gasteiger partial charge in [-0.05, 0) is 55.7 Å². The Bertz CT molecular complexity index is 1060. The third-order valence-electron chi connectivity index (χ3n) is 5.91. The van der Waals surface area contributed by atoms with E-state index in [1.807, 2.05) is 6.92 Å². The number of carbonyl (C=O) groups excluding carboxylic acids is 1. The van der Waals surface area contributed by atoms with E-state index in [1.54, 1.807) is 49.6 Å². The molecule has 192 valence electrons. The summed E-state index contributed by atoms with van der Waals surface area (Å²) in [7, 11) is -0.0803. The van der Waals surface area contributed by atoms with E-state index in [-0.39, 0.29) is 6.10 Å². The molecule has 0 aliphatic carbocycles. The van der Waals surface area contributed by atoms with Crippen molar-refractivity contribution in [1.82, 2.24) is 4.72 Å². The fourth-order valence-corrected chi connectivity index (χ4v) is 6.33.